The first kappa shape index (κ1) is 42.8. The van der Waals surface area contributed by atoms with Crippen molar-refractivity contribution in [3.8, 4) is 39.1 Å². The van der Waals surface area contributed by atoms with E-state index in [-0.39, 0.29) is 0 Å². The Hall–Kier alpha value is -9.54. The SMILES string of the molecule is c1ccc(-n2c3ccc(N(c4ccc5c(c4)C4(c6ccccc6-c6ccccc64)c4ccccc4-5)c4ccc5c(c4)sc4ccccc45)cc3c3cc(C4(c5ccccc5)c5ccccc5-c5ccccc54)ccc32)cc1. The first-order chi connectivity index (χ1) is 38.2. The van der Waals surface area contributed by atoms with Gasteiger partial charge in [-0.3, -0.25) is 0 Å². The van der Waals surface area contributed by atoms with E-state index in [1.807, 2.05) is 11.3 Å². The van der Waals surface area contributed by atoms with Gasteiger partial charge in [-0.05, 0) is 151 Å². The van der Waals surface area contributed by atoms with Crippen molar-refractivity contribution in [1.82, 2.24) is 4.57 Å². The minimum Gasteiger partial charge on any atom is -0.310 e. The van der Waals surface area contributed by atoms with Crippen LogP contribution in [-0.4, -0.2) is 4.57 Å². The van der Waals surface area contributed by atoms with Gasteiger partial charge in [0.15, 0.2) is 0 Å². The minimum atomic E-state index is -0.539. The molecule has 77 heavy (non-hydrogen) atoms. The summed E-state index contributed by atoms with van der Waals surface area (Å²) in [5, 5.41) is 4.99. The number of benzene rings is 12. The first-order valence-corrected chi connectivity index (χ1v) is 27.6. The third kappa shape index (κ3) is 5.68. The molecule has 1 spiro atoms. The fraction of sp³-hybridized carbons (Fsp3) is 0.0270. The number of aromatic nitrogens is 1. The molecule has 2 aromatic heterocycles. The van der Waals surface area contributed by atoms with Crippen LogP contribution in [-0.2, 0) is 10.8 Å². The van der Waals surface area contributed by atoms with Crippen molar-refractivity contribution >= 4 is 70.4 Å². The Balaban J connectivity index is 0.945. The van der Waals surface area contributed by atoms with Crippen LogP contribution >= 0.6 is 11.3 Å². The predicted octanol–water partition coefficient (Wildman–Crippen LogP) is 19.3. The lowest BCUT2D eigenvalue weighted by atomic mass is 9.67. The van der Waals surface area contributed by atoms with Crippen molar-refractivity contribution in [3.63, 3.8) is 0 Å². The topological polar surface area (TPSA) is 8.17 Å². The number of nitrogens with zero attached hydrogens (tertiary/aromatic N) is 2. The second kappa shape index (κ2) is 16.0. The summed E-state index contributed by atoms with van der Waals surface area (Å²) in [5.74, 6) is 0. The van der Waals surface area contributed by atoms with Crippen LogP contribution in [0.2, 0.25) is 0 Å². The predicted molar refractivity (Wildman–Crippen MR) is 322 cm³/mol. The molecule has 0 amide bonds. The van der Waals surface area contributed by atoms with Crippen LogP contribution in [0, 0.1) is 0 Å². The largest absolute Gasteiger partial charge is 0.310 e. The molecule has 0 fully saturated rings. The van der Waals surface area contributed by atoms with Crippen molar-refractivity contribution in [1.29, 1.82) is 0 Å². The normalized spacial score (nSPS) is 13.9. The van der Waals surface area contributed by atoms with Gasteiger partial charge in [0, 0.05) is 53.7 Å². The summed E-state index contributed by atoms with van der Waals surface area (Å²) in [7, 11) is 0. The van der Waals surface area contributed by atoms with Gasteiger partial charge in [-0.15, -0.1) is 11.3 Å². The molecule has 0 radical (unpaired) electrons. The molecular weight excluding hydrogens is 949 g/mol. The average Bonchev–Trinajstić information content (AvgIpc) is 4.45. The lowest BCUT2D eigenvalue weighted by Gasteiger charge is -2.34. The molecule has 358 valence electrons. The van der Waals surface area contributed by atoms with E-state index >= 15 is 0 Å². The smallest absolute Gasteiger partial charge is 0.0726 e. The third-order valence-electron chi connectivity index (χ3n) is 17.5. The molecule has 0 unspecified atom stereocenters. The molecule has 3 heteroatoms. The maximum atomic E-state index is 2.53. The summed E-state index contributed by atoms with van der Waals surface area (Å²) in [6, 6.07) is 105. The van der Waals surface area contributed by atoms with Crippen molar-refractivity contribution in [2.75, 3.05) is 4.90 Å². The summed E-state index contributed by atoms with van der Waals surface area (Å²) >= 11 is 1.87. The molecule has 0 aliphatic heterocycles. The number of rotatable bonds is 6. The Morgan fingerprint density at radius 3 is 1.34 bits per heavy atom. The molecule has 3 aliphatic rings. The monoisotopic (exact) mass is 994 g/mol. The molecule has 14 aromatic rings. The molecule has 0 bridgehead atoms. The van der Waals surface area contributed by atoms with Gasteiger partial charge in [0.1, 0.15) is 0 Å². The number of anilines is 3. The van der Waals surface area contributed by atoms with E-state index in [4.69, 9.17) is 0 Å². The standard InChI is InChI=1S/C74H46N2S/c1-3-19-47(20-4-1)73(63-29-13-7-23-53(63)54-24-8-14-30-64(54)73)48-35-41-69-61(43-48)62-44-50(38-42-70(62)76(69)49-21-5-2-6-22-49)75(52-37-40-60-59-28-12-18-34-71(59)77-72(60)46-52)51-36-39-58-57-27-11-17-33-67(57)74(68(58)45-51)65-31-15-9-25-55(65)56-26-10-16-32-66(56)74/h1-46H. The lowest BCUT2D eigenvalue weighted by Crippen LogP contribution is -2.28. The second-order valence-electron chi connectivity index (χ2n) is 21.0. The van der Waals surface area contributed by atoms with Crippen molar-refractivity contribution in [3.05, 3.63) is 324 Å². The molecule has 0 N–H and O–H groups in total. The zero-order valence-corrected chi connectivity index (χ0v) is 42.7. The van der Waals surface area contributed by atoms with Gasteiger partial charge in [0.05, 0.1) is 21.9 Å². The second-order valence-corrected chi connectivity index (χ2v) is 22.1. The van der Waals surface area contributed by atoms with E-state index in [0.717, 1.165) is 28.3 Å². The van der Waals surface area contributed by atoms with Gasteiger partial charge in [0.25, 0.3) is 0 Å². The molecule has 17 rings (SSSR count). The Morgan fingerprint density at radius 2 is 0.714 bits per heavy atom. The highest BCUT2D eigenvalue weighted by Crippen LogP contribution is 2.64. The maximum absolute atomic E-state index is 2.53. The maximum Gasteiger partial charge on any atom is 0.0726 e. The molecule has 0 saturated carbocycles. The van der Waals surface area contributed by atoms with Crippen LogP contribution in [0.5, 0.6) is 0 Å². The fourth-order valence-electron chi connectivity index (χ4n) is 14.5. The van der Waals surface area contributed by atoms with Crippen LogP contribution in [0.25, 0.3) is 81.0 Å². The molecule has 12 aromatic carbocycles. The van der Waals surface area contributed by atoms with Gasteiger partial charge in [-0.1, -0.05) is 206 Å². The zero-order valence-electron chi connectivity index (χ0n) is 41.9. The van der Waals surface area contributed by atoms with Gasteiger partial charge in [-0.25, -0.2) is 0 Å². The Kier molecular flexibility index (Phi) is 8.88. The molecule has 2 nitrogen and oxygen atoms in total. The van der Waals surface area contributed by atoms with Gasteiger partial charge in [-0.2, -0.15) is 0 Å². The van der Waals surface area contributed by atoms with Crippen LogP contribution in [0.4, 0.5) is 17.1 Å². The van der Waals surface area contributed by atoms with Crippen LogP contribution in [0.3, 0.4) is 0 Å². The van der Waals surface area contributed by atoms with Crippen LogP contribution in [0.1, 0.15) is 44.5 Å². The highest BCUT2D eigenvalue weighted by atomic mass is 32.1. The van der Waals surface area contributed by atoms with E-state index < -0.39 is 10.8 Å². The Morgan fingerprint density at radius 1 is 0.273 bits per heavy atom. The van der Waals surface area contributed by atoms with E-state index in [1.54, 1.807) is 0 Å². The summed E-state index contributed by atoms with van der Waals surface area (Å²) < 4.78 is 5.03. The highest BCUT2D eigenvalue weighted by Gasteiger charge is 2.52. The van der Waals surface area contributed by atoms with Gasteiger partial charge in [0.2, 0.25) is 0 Å². The summed E-state index contributed by atoms with van der Waals surface area (Å²) in [5.41, 5.74) is 24.0. The zero-order chi connectivity index (χ0) is 50.4. The quantitative estimate of drug-likeness (QED) is 0.161. The van der Waals surface area contributed by atoms with Crippen LogP contribution < -0.4 is 4.90 Å². The average molecular weight is 995 g/mol. The Bertz CT molecular complexity index is 4660. The summed E-state index contributed by atoms with van der Waals surface area (Å²) in [6.07, 6.45) is 0. The molecule has 0 atom stereocenters. The van der Waals surface area contributed by atoms with Gasteiger partial charge < -0.3 is 9.47 Å². The van der Waals surface area contributed by atoms with Gasteiger partial charge >= 0.3 is 0 Å². The molecule has 2 heterocycles. The lowest BCUT2D eigenvalue weighted by molar-refractivity contribution is 0.770. The van der Waals surface area contributed by atoms with E-state index in [2.05, 4.69) is 289 Å². The molecular formula is C74H46N2S. The minimum absolute atomic E-state index is 0.480. The first-order valence-electron chi connectivity index (χ1n) is 26.7. The van der Waals surface area contributed by atoms with E-state index in [9.17, 15) is 0 Å². The van der Waals surface area contributed by atoms with Crippen LogP contribution in [0.15, 0.2) is 279 Å². The fourth-order valence-corrected chi connectivity index (χ4v) is 15.6. The third-order valence-corrected chi connectivity index (χ3v) is 18.6. The number of hydrogen-bond acceptors (Lipinski definition) is 2. The molecule has 0 saturated heterocycles. The van der Waals surface area contributed by atoms with E-state index in [0.29, 0.717) is 0 Å². The summed E-state index contributed by atoms with van der Waals surface area (Å²) in [4.78, 5) is 2.53. The Labute approximate surface area is 450 Å². The van der Waals surface area contributed by atoms with E-state index in [1.165, 1.54) is 114 Å². The number of thiophene rings is 1. The van der Waals surface area contributed by atoms with Crippen molar-refractivity contribution in [2.45, 2.75) is 10.8 Å². The highest BCUT2D eigenvalue weighted by molar-refractivity contribution is 7.25. The van der Waals surface area contributed by atoms with Crippen molar-refractivity contribution < 1.29 is 0 Å². The molecule has 3 aliphatic carbocycles. The number of hydrogen-bond donors (Lipinski definition) is 0. The number of para-hydroxylation sites is 1. The summed E-state index contributed by atoms with van der Waals surface area (Å²) in [6.45, 7) is 0. The number of fused-ring (bicyclic) bond motifs is 19. The van der Waals surface area contributed by atoms with Crippen molar-refractivity contribution in [2.24, 2.45) is 0 Å².